The smallest absolute Gasteiger partial charge is 0.168 e. The lowest BCUT2D eigenvalue weighted by Crippen LogP contribution is -2.52. The van der Waals surface area contributed by atoms with E-state index in [0.29, 0.717) is 0 Å². The highest BCUT2D eigenvalue weighted by Gasteiger charge is 2.32. The molecule has 0 radical (unpaired) electrons. The predicted octanol–water partition coefficient (Wildman–Crippen LogP) is 2.11. The summed E-state index contributed by atoms with van der Waals surface area (Å²) in [5.41, 5.74) is 7.95. The lowest BCUT2D eigenvalue weighted by Gasteiger charge is -2.38. The van der Waals surface area contributed by atoms with E-state index in [1.807, 2.05) is 35.0 Å². The second kappa shape index (κ2) is 5.06. The largest absolute Gasteiger partial charge is 0.368 e. The number of rotatable bonds is 4. The molecule has 0 bridgehead atoms. The van der Waals surface area contributed by atoms with Crippen LogP contribution in [0.1, 0.15) is 19.3 Å². The highest BCUT2D eigenvalue weighted by atomic mass is 15.3. The van der Waals surface area contributed by atoms with Gasteiger partial charge in [-0.2, -0.15) is 5.10 Å². The van der Waals surface area contributed by atoms with Crippen molar-refractivity contribution < 1.29 is 0 Å². The molecule has 6 heteroatoms. The van der Waals surface area contributed by atoms with Gasteiger partial charge < -0.3 is 11.1 Å². The first-order valence-corrected chi connectivity index (χ1v) is 7.52. The van der Waals surface area contributed by atoms with Gasteiger partial charge in [0.1, 0.15) is 12.1 Å². The van der Waals surface area contributed by atoms with E-state index >= 15 is 0 Å². The Labute approximate surface area is 128 Å². The molecule has 22 heavy (non-hydrogen) atoms. The van der Waals surface area contributed by atoms with Crippen LogP contribution in [-0.4, -0.2) is 31.8 Å². The van der Waals surface area contributed by atoms with Crippen molar-refractivity contribution in [2.24, 2.45) is 5.73 Å². The van der Waals surface area contributed by atoms with E-state index in [1.165, 1.54) is 6.42 Å². The van der Waals surface area contributed by atoms with E-state index in [0.717, 1.165) is 41.9 Å². The molecule has 1 aliphatic carbocycles. The van der Waals surface area contributed by atoms with Crippen LogP contribution in [0.2, 0.25) is 0 Å². The summed E-state index contributed by atoms with van der Waals surface area (Å²) in [7, 11) is 0. The van der Waals surface area contributed by atoms with Crippen LogP contribution in [0.3, 0.4) is 0 Å². The summed E-state index contributed by atoms with van der Waals surface area (Å²) in [6, 6.07) is 9.96. The topological polar surface area (TPSA) is 81.7 Å². The minimum absolute atomic E-state index is 0.0906. The normalized spacial score (nSPS) is 16.4. The van der Waals surface area contributed by atoms with Crippen LogP contribution in [-0.2, 0) is 0 Å². The number of benzene rings is 1. The van der Waals surface area contributed by atoms with Crippen LogP contribution in [0.5, 0.6) is 0 Å². The first-order valence-electron chi connectivity index (χ1n) is 7.52. The number of fused-ring (bicyclic) bond motifs is 1. The molecule has 3 aromatic rings. The fourth-order valence-corrected chi connectivity index (χ4v) is 2.81. The van der Waals surface area contributed by atoms with Gasteiger partial charge in [-0.1, -0.05) is 18.2 Å². The summed E-state index contributed by atoms with van der Waals surface area (Å²) < 4.78 is 1.82. The summed E-state index contributed by atoms with van der Waals surface area (Å²) in [6.07, 6.45) is 6.71. The lowest BCUT2D eigenvalue weighted by atomic mass is 9.78. The summed E-state index contributed by atoms with van der Waals surface area (Å²) in [4.78, 5) is 8.72. The minimum atomic E-state index is -0.0906. The zero-order valence-electron chi connectivity index (χ0n) is 12.2. The second-order valence-electron chi connectivity index (χ2n) is 5.92. The van der Waals surface area contributed by atoms with Gasteiger partial charge in [0.25, 0.3) is 0 Å². The van der Waals surface area contributed by atoms with Crippen molar-refractivity contribution in [1.82, 2.24) is 19.7 Å². The Morgan fingerprint density at radius 1 is 1.18 bits per heavy atom. The highest BCUT2D eigenvalue weighted by Crippen LogP contribution is 2.30. The number of para-hydroxylation sites is 1. The van der Waals surface area contributed by atoms with Gasteiger partial charge >= 0.3 is 0 Å². The van der Waals surface area contributed by atoms with E-state index in [9.17, 15) is 0 Å². The van der Waals surface area contributed by atoms with Crippen LogP contribution in [0.15, 0.2) is 42.9 Å². The molecule has 0 atom stereocenters. The van der Waals surface area contributed by atoms with Crippen molar-refractivity contribution in [3.05, 3.63) is 42.9 Å². The third-order valence-corrected chi connectivity index (χ3v) is 4.32. The van der Waals surface area contributed by atoms with Gasteiger partial charge in [-0.3, -0.25) is 0 Å². The van der Waals surface area contributed by atoms with Gasteiger partial charge in [-0.05, 0) is 31.4 Å². The maximum absolute atomic E-state index is 6.26. The predicted molar refractivity (Wildman–Crippen MR) is 85.9 cm³/mol. The number of anilines is 1. The third-order valence-electron chi connectivity index (χ3n) is 4.32. The van der Waals surface area contributed by atoms with Gasteiger partial charge in [-0.25, -0.2) is 14.6 Å². The van der Waals surface area contributed by atoms with Crippen LogP contribution < -0.4 is 11.1 Å². The van der Waals surface area contributed by atoms with E-state index < -0.39 is 0 Å². The standard InChI is InChI=1S/C16H18N6/c17-16(7-4-8-16)10-18-14-13-9-21-22(15(13)20-11-19-14)12-5-2-1-3-6-12/h1-3,5-6,9,11H,4,7-8,10,17H2,(H,18,19,20). The van der Waals surface area contributed by atoms with Crippen molar-refractivity contribution in [3.8, 4) is 5.69 Å². The Morgan fingerprint density at radius 3 is 2.73 bits per heavy atom. The van der Waals surface area contributed by atoms with E-state index in [4.69, 9.17) is 5.73 Å². The fourth-order valence-electron chi connectivity index (χ4n) is 2.81. The molecule has 3 N–H and O–H groups in total. The fraction of sp³-hybridized carbons (Fsp3) is 0.312. The Bertz CT molecular complexity index is 791. The molecule has 0 aliphatic heterocycles. The third kappa shape index (κ3) is 2.21. The number of nitrogens with two attached hydrogens (primary N) is 1. The number of nitrogens with one attached hydrogen (secondary N) is 1. The average molecular weight is 294 g/mol. The molecule has 1 saturated carbocycles. The van der Waals surface area contributed by atoms with Crippen LogP contribution in [0.25, 0.3) is 16.7 Å². The van der Waals surface area contributed by atoms with Crippen LogP contribution >= 0.6 is 0 Å². The van der Waals surface area contributed by atoms with Crippen molar-refractivity contribution in [1.29, 1.82) is 0 Å². The zero-order valence-corrected chi connectivity index (χ0v) is 12.2. The molecule has 0 amide bonds. The minimum Gasteiger partial charge on any atom is -0.368 e. The second-order valence-corrected chi connectivity index (χ2v) is 5.92. The quantitative estimate of drug-likeness (QED) is 0.770. The van der Waals surface area contributed by atoms with Crippen LogP contribution in [0, 0.1) is 0 Å². The molecule has 1 aliphatic rings. The molecular formula is C16H18N6. The van der Waals surface area contributed by atoms with Gasteiger partial charge in [0.05, 0.1) is 17.3 Å². The lowest BCUT2D eigenvalue weighted by molar-refractivity contribution is 0.265. The van der Waals surface area contributed by atoms with Crippen molar-refractivity contribution in [2.75, 3.05) is 11.9 Å². The molecule has 0 unspecified atom stereocenters. The van der Waals surface area contributed by atoms with Gasteiger partial charge in [0.2, 0.25) is 0 Å². The van der Waals surface area contributed by atoms with Crippen molar-refractivity contribution >= 4 is 16.9 Å². The van der Waals surface area contributed by atoms with E-state index in [1.54, 1.807) is 12.5 Å². The van der Waals surface area contributed by atoms with Gasteiger partial charge in [0.15, 0.2) is 5.65 Å². The molecule has 0 saturated heterocycles. The maximum Gasteiger partial charge on any atom is 0.168 e. The summed E-state index contributed by atoms with van der Waals surface area (Å²) in [5.74, 6) is 0.795. The first kappa shape index (κ1) is 13.2. The van der Waals surface area contributed by atoms with E-state index in [2.05, 4.69) is 20.4 Å². The molecule has 2 aromatic heterocycles. The Kier molecular flexibility index (Phi) is 3.04. The Morgan fingerprint density at radius 2 is 2.00 bits per heavy atom. The molecule has 1 aromatic carbocycles. The number of hydrogen-bond acceptors (Lipinski definition) is 5. The molecule has 2 heterocycles. The molecule has 1 fully saturated rings. The van der Waals surface area contributed by atoms with Gasteiger partial charge in [-0.15, -0.1) is 0 Å². The molecule has 4 rings (SSSR count). The summed E-state index contributed by atoms with van der Waals surface area (Å²) >= 11 is 0. The van der Waals surface area contributed by atoms with Crippen molar-refractivity contribution in [3.63, 3.8) is 0 Å². The molecule has 0 spiro atoms. The average Bonchev–Trinajstić information content (AvgIpc) is 2.96. The monoisotopic (exact) mass is 294 g/mol. The maximum atomic E-state index is 6.26. The number of nitrogens with zero attached hydrogens (tertiary/aromatic N) is 4. The van der Waals surface area contributed by atoms with Crippen LogP contribution in [0.4, 0.5) is 5.82 Å². The molecule has 112 valence electrons. The molecular weight excluding hydrogens is 276 g/mol. The van der Waals surface area contributed by atoms with Crippen molar-refractivity contribution in [2.45, 2.75) is 24.8 Å². The number of aromatic nitrogens is 4. The summed E-state index contributed by atoms with van der Waals surface area (Å²) in [6.45, 7) is 0.732. The molecule has 6 nitrogen and oxygen atoms in total. The summed E-state index contributed by atoms with van der Waals surface area (Å²) in [5, 5.41) is 8.72. The zero-order chi connectivity index (χ0) is 15.0. The van der Waals surface area contributed by atoms with Gasteiger partial charge in [0, 0.05) is 12.1 Å². The Balaban J connectivity index is 1.68. The highest BCUT2D eigenvalue weighted by molar-refractivity contribution is 5.87. The first-order chi connectivity index (χ1) is 10.8. The Hall–Kier alpha value is -2.47. The SMILES string of the molecule is NC1(CNc2ncnc3c2cnn3-c2ccccc2)CCC1. The number of hydrogen-bond donors (Lipinski definition) is 2. The van der Waals surface area contributed by atoms with E-state index in [-0.39, 0.29) is 5.54 Å².